The standard InChI is InChI=1S/C19H21Cl2NO/c1-3-18(16-7-5-4-6-13(16)2)22-19(23)11-9-14-8-10-15(20)12-17(14)21/h4-8,10,12,18H,3,9,11H2,1-2H3,(H,22,23). The average Bonchev–Trinajstić information content (AvgIpc) is 2.52. The van der Waals surface area contributed by atoms with Gasteiger partial charge in [-0.25, -0.2) is 0 Å². The third-order valence-electron chi connectivity index (χ3n) is 3.94. The van der Waals surface area contributed by atoms with Crippen molar-refractivity contribution >= 4 is 29.1 Å². The van der Waals surface area contributed by atoms with E-state index in [4.69, 9.17) is 23.2 Å². The third-order valence-corrected chi connectivity index (χ3v) is 4.53. The van der Waals surface area contributed by atoms with Crippen molar-refractivity contribution in [1.29, 1.82) is 0 Å². The second-order valence-electron chi connectivity index (χ2n) is 5.62. The molecule has 2 aromatic rings. The molecule has 0 bridgehead atoms. The molecule has 1 unspecified atom stereocenters. The van der Waals surface area contributed by atoms with E-state index in [0.717, 1.165) is 12.0 Å². The Kier molecular flexibility index (Phi) is 6.49. The molecule has 2 rings (SSSR count). The molecule has 0 radical (unpaired) electrons. The minimum atomic E-state index is 0.0334. The quantitative estimate of drug-likeness (QED) is 0.732. The van der Waals surface area contributed by atoms with Gasteiger partial charge in [-0.1, -0.05) is 60.5 Å². The predicted molar refractivity (Wildman–Crippen MR) is 97.1 cm³/mol. The Morgan fingerprint density at radius 3 is 2.57 bits per heavy atom. The first kappa shape index (κ1) is 17.8. The maximum Gasteiger partial charge on any atom is 0.220 e. The first-order valence-corrected chi connectivity index (χ1v) is 8.55. The monoisotopic (exact) mass is 349 g/mol. The van der Waals surface area contributed by atoms with E-state index >= 15 is 0 Å². The summed E-state index contributed by atoms with van der Waals surface area (Å²) in [6.45, 7) is 4.14. The fourth-order valence-electron chi connectivity index (χ4n) is 2.62. The molecule has 0 aromatic heterocycles. The van der Waals surface area contributed by atoms with Gasteiger partial charge in [0.2, 0.25) is 5.91 Å². The van der Waals surface area contributed by atoms with Gasteiger partial charge in [0.15, 0.2) is 0 Å². The number of carbonyl (C=O) groups excluding carboxylic acids is 1. The van der Waals surface area contributed by atoms with Crippen LogP contribution in [-0.4, -0.2) is 5.91 Å². The molecule has 0 heterocycles. The molecule has 122 valence electrons. The van der Waals surface area contributed by atoms with E-state index < -0.39 is 0 Å². The first-order chi connectivity index (χ1) is 11.0. The van der Waals surface area contributed by atoms with Crippen LogP contribution >= 0.6 is 23.2 Å². The highest BCUT2D eigenvalue weighted by Gasteiger charge is 2.14. The van der Waals surface area contributed by atoms with Crippen LogP contribution in [0.3, 0.4) is 0 Å². The van der Waals surface area contributed by atoms with Crippen LogP contribution in [0.5, 0.6) is 0 Å². The highest BCUT2D eigenvalue weighted by atomic mass is 35.5. The van der Waals surface area contributed by atoms with Crippen LogP contribution in [0.25, 0.3) is 0 Å². The van der Waals surface area contributed by atoms with Crippen molar-refractivity contribution in [3.63, 3.8) is 0 Å². The topological polar surface area (TPSA) is 29.1 Å². The number of benzene rings is 2. The first-order valence-electron chi connectivity index (χ1n) is 7.80. The predicted octanol–water partition coefficient (Wildman–Crippen LogP) is 5.50. The van der Waals surface area contributed by atoms with Crippen LogP contribution in [0.15, 0.2) is 42.5 Å². The highest BCUT2D eigenvalue weighted by Crippen LogP contribution is 2.23. The molecule has 4 heteroatoms. The van der Waals surface area contributed by atoms with Gasteiger partial charge in [0.25, 0.3) is 0 Å². The lowest BCUT2D eigenvalue weighted by Gasteiger charge is -2.19. The van der Waals surface area contributed by atoms with Gasteiger partial charge in [0, 0.05) is 16.5 Å². The van der Waals surface area contributed by atoms with Gasteiger partial charge in [0.05, 0.1) is 6.04 Å². The van der Waals surface area contributed by atoms with Crippen LogP contribution in [0, 0.1) is 6.92 Å². The van der Waals surface area contributed by atoms with Crippen LogP contribution in [0.4, 0.5) is 0 Å². The molecule has 0 saturated carbocycles. The Labute approximate surface area is 147 Å². The number of halogens is 2. The van der Waals surface area contributed by atoms with Crippen molar-refractivity contribution in [3.8, 4) is 0 Å². The molecule has 0 saturated heterocycles. The molecular weight excluding hydrogens is 329 g/mol. The van der Waals surface area contributed by atoms with Gasteiger partial charge in [-0.05, 0) is 48.6 Å². The number of aryl methyl sites for hydroxylation is 2. The van der Waals surface area contributed by atoms with Gasteiger partial charge < -0.3 is 5.32 Å². The number of hydrogen-bond acceptors (Lipinski definition) is 1. The van der Waals surface area contributed by atoms with Crippen LogP contribution in [-0.2, 0) is 11.2 Å². The molecule has 0 aliphatic heterocycles. The highest BCUT2D eigenvalue weighted by molar-refractivity contribution is 6.35. The Morgan fingerprint density at radius 2 is 1.91 bits per heavy atom. The lowest BCUT2D eigenvalue weighted by molar-refractivity contribution is -0.121. The van der Waals surface area contributed by atoms with Crippen molar-refractivity contribution in [2.24, 2.45) is 0 Å². The van der Waals surface area contributed by atoms with E-state index in [1.165, 1.54) is 11.1 Å². The van der Waals surface area contributed by atoms with Gasteiger partial charge in [-0.2, -0.15) is 0 Å². The number of carbonyl (C=O) groups is 1. The lowest BCUT2D eigenvalue weighted by atomic mass is 9.99. The van der Waals surface area contributed by atoms with E-state index in [-0.39, 0.29) is 11.9 Å². The second-order valence-corrected chi connectivity index (χ2v) is 6.46. The number of amides is 1. The van der Waals surface area contributed by atoms with E-state index in [9.17, 15) is 4.79 Å². The number of nitrogens with one attached hydrogen (secondary N) is 1. The van der Waals surface area contributed by atoms with Gasteiger partial charge >= 0.3 is 0 Å². The summed E-state index contributed by atoms with van der Waals surface area (Å²) in [5.41, 5.74) is 3.31. The van der Waals surface area contributed by atoms with E-state index in [1.54, 1.807) is 12.1 Å². The molecule has 1 amide bonds. The largest absolute Gasteiger partial charge is 0.349 e. The van der Waals surface area contributed by atoms with Crippen molar-refractivity contribution in [3.05, 3.63) is 69.2 Å². The number of rotatable bonds is 6. The minimum Gasteiger partial charge on any atom is -0.349 e. The Balaban J connectivity index is 1.97. The molecule has 1 atom stereocenters. The van der Waals surface area contributed by atoms with Crippen molar-refractivity contribution < 1.29 is 4.79 Å². The molecule has 2 aromatic carbocycles. The second kappa shape index (κ2) is 8.37. The van der Waals surface area contributed by atoms with Crippen LogP contribution < -0.4 is 5.32 Å². The fourth-order valence-corrected chi connectivity index (χ4v) is 3.12. The summed E-state index contributed by atoms with van der Waals surface area (Å²) in [4.78, 5) is 12.3. The fraction of sp³-hybridized carbons (Fsp3) is 0.316. The summed E-state index contributed by atoms with van der Waals surface area (Å²) < 4.78 is 0. The van der Waals surface area contributed by atoms with Crippen LogP contribution in [0.1, 0.15) is 42.5 Å². The molecule has 1 N–H and O–H groups in total. The summed E-state index contributed by atoms with van der Waals surface area (Å²) in [5, 5.41) is 4.33. The number of hydrogen-bond donors (Lipinski definition) is 1. The molecule has 2 nitrogen and oxygen atoms in total. The Bertz CT molecular complexity index is 685. The Hall–Kier alpha value is -1.51. The normalized spacial score (nSPS) is 12.0. The zero-order valence-electron chi connectivity index (χ0n) is 13.4. The van der Waals surface area contributed by atoms with E-state index in [1.807, 2.05) is 18.2 Å². The van der Waals surface area contributed by atoms with E-state index in [0.29, 0.717) is 22.9 Å². The smallest absolute Gasteiger partial charge is 0.220 e. The van der Waals surface area contributed by atoms with Crippen LogP contribution in [0.2, 0.25) is 10.0 Å². The summed E-state index contributed by atoms with van der Waals surface area (Å²) in [6.07, 6.45) is 1.87. The minimum absolute atomic E-state index is 0.0334. The van der Waals surface area contributed by atoms with Gasteiger partial charge in [-0.15, -0.1) is 0 Å². The van der Waals surface area contributed by atoms with Crippen molar-refractivity contribution in [2.75, 3.05) is 0 Å². The summed E-state index contributed by atoms with van der Waals surface area (Å²) in [7, 11) is 0. The molecule has 0 aliphatic carbocycles. The van der Waals surface area contributed by atoms with Gasteiger partial charge in [0.1, 0.15) is 0 Å². The zero-order valence-corrected chi connectivity index (χ0v) is 14.9. The van der Waals surface area contributed by atoms with Gasteiger partial charge in [-0.3, -0.25) is 4.79 Å². The average molecular weight is 350 g/mol. The molecule has 0 aliphatic rings. The summed E-state index contributed by atoms with van der Waals surface area (Å²) in [6, 6.07) is 13.6. The lowest BCUT2D eigenvalue weighted by Crippen LogP contribution is -2.28. The molecule has 23 heavy (non-hydrogen) atoms. The van der Waals surface area contributed by atoms with Crippen molar-refractivity contribution in [1.82, 2.24) is 5.32 Å². The summed E-state index contributed by atoms with van der Waals surface area (Å²) >= 11 is 12.0. The zero-order chi connectivity index (χ0) is 16.8. The van der Waals surface area contributed by atoms with E-state index in [2.05, 4.69) is 31.3 Å². The maximum absolute atomic E-state index is 12.3. The molecule has 0 fully saturated rings. The Morgan fingerprint density at radius 1 is 1.17 bits per heavy atom. The van der Waals surface area contributed by atoms with Crippen molar-refractivity contribution in [2.45, 2.75) is 39.2 Å². The third kappa shape index (κ3) is 4.98. The summed E-state index contributed by atoms with van der Waals surface area (Å²) in [5.74, 6) is 0.0334. The maximum atomic E-state index is 12.3. The SMILES string of the molecule is CCC(NC(=O)CCc1ccc(Cl)cc1Cl)c1ccccc1C. The molecule has 0 spiro atoms. The molecular formula is C19H21Cl2NO.